The second kappa shape index (κ2) is 7.17. The smallest absolute Gasteiger partial charge is 0.338 e. The molecule has 0 saturated carbocycles. The van der Waals surface area contributed by atoms with E-state index in [9.17, 15) is 28.1 Å². The second-order valence-corrected chi connectivity index (χ2v) is 6.60. The van der Waals surface area contributed by atoms with E-state index in [1.807, 2.05) is 13.8 Å². The number of carbonyl (C=O) groups excluding carboxylic acids is 1. The van der Waals surface area contributed by atoms with E-state index in [1.54, 1.807) is 0 Å². The quantitative estimate of drug-likeness (QED) is 0.629. The van der Waals surface area contributed by atoms with Gasteiger partial charge in [0.2, 0.25) is 0 Å². The Bertz CT molecular complexity index is 680. The highest BCUT2D eigenvalue weighted by molar-refractivity contribution is 5.98. The van der Waals surface area contributed by atoms with Crippen molar-refractivity contribution < 1.29 is 22.9 Å². The van der Waals surface area contributed by atoms with Crippen molar-refractivity contribution in [1.82, 2.24) is 4.90 Å². The van der Waals surface area contributed by atoms with Crippen LogP contribution < -0.4 is 5.73 Å². The monoisotopic (exact) mass is 381 g/mol. The molecule has 0 aromatic heterocycles. The van der Waals surface area contributed by atoms with Crippen molar-refractivity contribution >= 4 is 24.0 Å². The van der Waals surface area contributed by atoms with E-state index < -0.39 is 28.3 Å². The zero-order valence-corrected chi connectivity index (χ0v) is 14.5. The zero-order valence-electron chi connectivity index (χ0n) is 13.7. The average molecular weight is 382 g/mol. The molecule has 1 amide bonds. The summed E-state index contributed by atoms with van der Waals surface area (Å²) in [5.41, 5.74) is 3.25. The molecule has 1 aliphatic heterocycles. The number of amides is 1. The first kappa shape index (κ1) is 21.2. The number of nitro groups is 1. The Kier molecular flexibility index (Phi) is 6.07. The van der Waals surface area contributed by atoms with Gasteiger partial charge in [-0.15, -0.1) is 12.4 Å². The number of benzene rings is 1. The maximum absolute atomic E-state index is 12.7. The summed E-state index contributed by atoms with van der Waals surface area (Å²) < 4.78 is 38.2. The second-order valence-electron chi connectivity index (χ2n) is 6.60. The molecule has 140 valence electrons. The molecule has 1 aliphatic rings. The Hall–Kier alpha value is -1.87. The fraction of sp³-hybridized carbons (Fsp3) is 0.533. The number of piperidine rings is 1. The normalized spacial score (nSPS) is 19.9. The number of carbonyl (C=O) groups is 1. The van der Waals surface area contributed by atoms with Crippen LogP contribution in [0.2, 0.25) is 0 Å². The van der Waals surface area contributed by atoms with Crippen LogP contribution in [0.5, 0.6) is 0 Å². The van der Waals surface area contributed by atoms with Crippen molar-refractivity contribution in [2.75, 3.05) is 13.1 Å². The summed E-state index contributed by atoms with van der Waals surface area (Å²) in [6.07, 6.45) is -4.20. The number of nitrogens with two attached hydrogens (primary N) is 1. The van der Waals surface area contributed by atoms with Gasteiger partial charge in [-0.2, -0.15) is 13.2 Å². The summed E-state index contributed by atoms with van der Waals surface area (Å²) in [6.45, 7) is 4.34. The van der Waals surface area contributed by atoms with Crippen LogP contribution in [0.3, 0.4) is 0 Å². The molecule has 1 aromatic rings. The van der Waals surface area contributed by atoms with Crippen LogP contribution in [0.4, 0.5) is 18.9 Å². The molecule has 1 unspecified atom stereocenters. The van der Waals surface area contributed by atoms with Crippen molar-refractivity contribution in [2.24, 2.45) is 11.1 Å². The minimum absolute atomic E-state index is 0. The molecule has 1 heterocycles. The number of likely N-dealkylation sites (tertiary alicyclic amines) is 1. The minimum atomic E-state index is -4.72. The summed E-state index contributed by atoms with van der Waals surface area (Å²) in [5.74, 6) is -0.657. The molecule has 1 atom stereocenters. The maximum Gasteiger partial charge on any atom is 0.416 e. The van der Waals surface area contributed by atoms with Gasteiger partial charge in [0.15, 0.2) is 0 Å². The van der Waals surface area contributed by atoms with Gasteiger partial charge in [-0.3, -0.25) is 14.9 Å². The Morgan fingerprint density at radius 3 is 2.48 bits per heavy atom. The van der Waals surface area contributed by atoms with Gasteiger partial charge in [0.1, 0.15) is 5.56 Å². The highest BCUT2D eigenvalue weighted by atomic mass is 35.5. The molecular weight excluding hydrogens is 363 g/mol. The van der Waals surface area contributed by atoms with Crippen LogP contribution in [0, 0.1) is 15.5 Å². The molecule has 1 saturated heterocycles. The minimum Gasteiger partial charge on any atom is -0.338 e. The fourth-order valence-electron chi connectivity index (χ4n) is 2.76. The Labute approximate surface area is 148 Å². The van der Waals surface area contributed by atoms with E-state index in [2.05, 4.69) is 0 Å². The molecular formula is C15H19ClF3N3O3. The Morgan fingerprint density at radius 1 is 1.40 bits per heavy atom. The largest absolute Gasteiger partial charge is 0.416 e. The predicted molar refractivity (Wildman–Crippen MR) is 87.6 cm³/mol. The number of nitrogens with zero attached hydrogens (tertiary/aromatic N) is 2. The summed E-state index contributed by atoms with van der Waals surface area (Å²) in [5, 5.41) is 11.1. The molecule has 0 bridgehead atoms. The first-order valence-electron chi connectivity index (χ1n) is 7.34. The molecule has 2 N–H and O–H groups in total. The van der Waals surface area contributed by atoms with Crippen molar-refractivity contribution in [3.63, 3.8) is 0 Å². The number of halogens is 4. The fourth-order valence-corrected chi connectivity index (χ4v) is 2.76. The number of nitro benzene ring substituents is 1. The van der Waals surface area contributed by atoms with Crippen LogP contribution in [0.15, 0.2) is 18.2 Å². The lowest BCUT2D eigenvalue weighted by atomic mass is 9.79. The Morgan fingerprint density at radius 2 is 2.00 bits per heavy atom. The van der Waals surface area contributed by atoms with Gasteiger partial charge in [0.25, 0.3) is 11.6 Å². The molecule has 0 spiro atoms. The molecule has 10 heteroatoms. The summed E-state index contributed by atoms with van der Waals surface area (Å²) in [6, 6.07) is 1.82. The molecule has 6 nitrogen and oxygen atoms in total. The number of alkyl halides is 3. The van der Waals surface area contributed by atoms with Crippen molar-refractivity contribution in [3.05, 3.63) is 39.4 Å². The highest BCUT2D eigenvalue weighted by Crippen LogP contribution is 2.34. The lowest BCUT2D eigenvalue weighted by Gasteiger charge is -2.42. The van der Waals surface area contributed by atoms with Crippen molar-refractivity contribution in [3.8, 4) is 0 Å². The van der Waals surface area contributed by atoms with Gasteiger partial charge >= 0.3 is 6.18 Å². The van der Waals surface area contributed by atoms with E-state index in [1.165, 1.54) is 4.90 Å². The topological polar surface area (TPSA) is 89.5 Å². The molecule has 2 rings (SSSR count). The molecule has 0 aliphatic carbocycles. The first-order chi connectivity index (χ1) is 10.9. The highest BCUT2D eigenvalue weighted by Gasteiger charge is 2.38. The predicted octanol–water partition coefficient (Wildman–Crippen LogP) is 3.23. The molecule has 0 radical (unpaired) electrons. The van der Waals surface area contributed by atoms with E-state index >= 15 is 0 Å². The molecule has 25 heavy (non-hydrogen) atoms. The number of rotatable bonds is 2. The van der Waals surface area contributed by atoms with Crippen LogP contribution in [-0.2, 0) is 6.18 Å². The maximum atomic E-state index is 12.7. The van der Waals surface area contributed by atoms with E-state index in [0.29, 0.717) is 25.1 Å². The van der Waals surface area contributed by atoms with Gasteiger partial charge in [0.05, 0.1) is 10.5 Å². The third-order valence-electron chi connectivity index (χ3n) is 4.35. The Balaban J connectivity index is 0.00000312. The molecule has 1 fully saturated rings. The lowest BCUT2D eigenvalue weighted by molar-refractivity contribution is -0.385. The first-order valence-corrected chi connectivity index (χ1v) is 7.34. The summed E-state index contributed by atoms with van der Waals surface area (Å²) in [7, 11) is 0. The summed E-state index contributed by atoms with van der Waals surface area (Å²) >= 11 is 0. The van der Waals surface area contributed by atoms with Crippen LogP contribution in [-0.4, -0.2) is 34.9 Å². The van der Waals surface area contributed by atoms with Gasteiger partial charge in [-0.1, -0.05) is 13.8 Å². The van der Waals surface area contributed by atoms with Crippen LogP contribution >= 0.6 is 12.4 Å². The standard InChI is InChI=1S/C15H18F3N3O3.ClH/c1-14(2)8-20(6-5-12(14)19)13(22)10-4-3-9(15(16,17)18)7-11(10)21(23)24;/h3-4,7,12H,5-6,8,19H2,1-2H3;1H. The SMILES string of the molecule is CC1(C)CN(C(=O)c2ccc(C(F)(F)F)cc2[N+](=O)[O-])CCC1N.Cl. The van der Waals surface area contributed by atoms with Crippen molar-refractivity contribution in [1.29, 1.82) is 0 Å². The van der Waals surface area contributed by atoms with Gasteiger partial charge in [-0.25, -0.2) is 0 Å². The van der Waals surface area contributed by atoms with Crippen LogP contribution in [0.1, 0.15) is 36.2 Å². The third kappa shape index (κ3) is 4.40. The number of hydrogen-bond donors (Lipinski definition) is 1. The van der Waals surface area contributed by atoms with E-state index in [0.717, 1.165) is 6.07 Å². The summed E-state index contributed by atoms with van der Waals surface area (Å²) in [4.78, 5) is 24.1. The average Bonchev–Trinajstić information content (AvgIpc) is 2.47. The van der Waals surface area contributed by atoms with Gasteiger partial charge in [-0.05, 0) is 24.0 Å². The van der Waals surface area contributed by atoms with E-state index in [4.69, 9.17) is 5.73 Å². The zero-order chi connectivity index (χ0) is 18.3. The van der Waals surface area contributed by atoms with Gasteiger partial charge in [0, 0.05) is 25.2 Å². The lowest BCUT2D eigenvalue weighted by Crippen LogP contribution is -2.54. The van der Waals surface area contributed by atoms with Gasteiger partial charge < -0.3 is 10.6 Å². The van der Waals surface area contributed by atoms with E-state index in [-0.39, 0.29) is 36.0 Å². The molecule has 1 aromatic carbocycles. The van der Waals surface area contributed by atoms with Crippen LogP contribution in [0.25, 0.3) is 0 Å². The third-order valence-corrected chi connectivity index (χ3v) is 4.35. The number of hydrogen-bond acceptors (Lipinski definition) is 4. The van der Waals surface area contributed by atoms with Crippen molar-refractivity contribution in [2.45, 2.75) is 32.5 Å².